The van der Waals surface area contributed by atoms with Crippen LogP contribution in [0.15, 0.2) is 97.1 Å². The lowest BCUT2D eigenvalue weighted by Crippen LogP contribution is -2.07. The fraction of sp³-hybridized carbons (Fsp3) is 0.222. The second kappa shape index (κ2) is 8.77. The van der Waals surface area contributed by atoms with E-state index in [0.717, 1.165) is 0 Å². The van der Waals surface area contributed by atoms with Crippen molar-refractivity contribution in [3.05, 3.63) is 120 Å². The first-order chi connectivity index (χ1) is 18.9. The van der Waals surface area contributed by atoms with Gasteiger partial charge < -0.3 is 9.13 Å². The highest BCUT2D eigenvalue weighted by atomic mass is 15.0. The van der Waals surface area contributed by atoms with Crippen molar-refractivity contribution in [2.24, 2.45) is 0 Å². The Morgan fingerprint density at radius 3 is 1.24 bits per heavy atom. The van der Waals surface area contributed by atoms with Crippen molar-refractivity contribution in [1.29, 1.82) is 0 Å². The number of rotatable bonds is 3. The maximum atomic E-state index is 2.51. The number of hydrogen-bond donors (Lipinski definition) is 0. The Hall–Kier alpha value is -4.04. The highest BCUT2D eigenvalue weighted by Gasteiger charge is 2.22. The minimum absolute atomic E-state index is 1.17. The van der Waals surface area contributed by atoms with Crippen molar-refractivity contribution in [3.63, 3.8) is 0 Å². The number of aromatic nitrogens is 2. The number of para-hydroxylation sites is 2. The van der Waals surface area contributed by atoms with Gasteiger partial charge in [-0.25, -0.2) is 0 Å². The first-order valence-corrected chi connectivity index (χ1v) is 14.3. The zero-order chi connectivity index (χ0) is 25.1. The molecule has 0 bridgehead atoms. The third kappa shape index (κ3) is 3.33. The molecule has 0 aliphatic heterocycles. The zero-order valence-electron chi connectivity index (χ0n) is 21.8. The number of fused-ring (bicyclic) bond motifs is 6. The summed E-state index contributed by atoms with van der Waals surface area (Å²) in [5.41, 5.74) is 13.9. The van der Waals surface area contributed by atoms with Crippen LogP contribution in [-0.2, 0) is 25.7 Å². The molecule has 0 fully saturated rings. The van der Waals surface area contributed by atoms with Gasteiger partial charge in [-0.15, -0.1) is 0 Å². The molecule has 2 heterocycles. The Morgan fingerprint density at radius 2 is 0.789 bits per heavy atom. The molecule has 6 aromatic rings. The van der Waals surface area contributed by atoms with E-state index in [1.54, 1.807) is 11.1 Å². The minimum atomic E-state index is 1.17. The highest BCUT2D eigenvalue weighted by Crippen LogP contribution is 2.37. The van der Waals surface area contributed by atoms with Crippen LogP contribution in [-0.4, -0.2) is 9.13 Å². The van der Waals surface area contributed by atoms with Crippen molar-refractivity contribution in [1.82, 2.24) is 9.13 Å². The average Bonchev–Trinajstić information content (AvgIpc) is 3.51. The van der Waals surface area contributed by atoms with E-state index in [1.165, 1.54) is 107 Å². The Bertz CT molecular complexity index is 1660. The van der Waals surface area contributed by atoms with E-state index in [0.29, 0.717) is 0 Å². The van der Waals surface area contributed by atoms with Crippen LogP contribution in [0.5, 0.6) is 0 Å². The van der Waals surface area contributed by atoms with Crippen molar-refractivity contribution < 1.29 is 0 Å². The summed E-state index contributed by atoms with van der Waals surface area (Å²) in [5.74, 6) is 0. The van der Waals surface area contributed by atoms with Crippen LogP contribution in [0.4, 0.5) is 0 Å². The van der Waals surface area contributed by atoms with Gasteiger partial charge in [-0.05, 0) is 110 Å². The Labute approximate surface area is 224 Å². The van der Waals surface area contributed by atoms with Crippen LogP contribution < -0.4 is 0 Å². The fourth-order valence-electron chi connectivity index (χ4n) is 7.19. The van der Waals surface area contributed by atoms with Crippen LogP contribution in [0.1, 0.15) is 48.2 Å². The predicted molar refractivity (Wildman–Crippen MR) is 159 cm³/mol. The van der Waals surface area contributed by atoms with Crippen LogP contribution in [0.25, 0.3) is 44.3 Å². The minimum Gasteiger partial charge on any atom is -0.313 e. The molecule has 0 saturated heterocycles. The third-order valence-electron chi connectivity index (χ3n) is 8.94. The molecule has 38 heavy (non-hydrogen) atoms. The number of hydrogen-bond acceptors (Lipinski definition) is 0. The summed E-state index contributed by atoms with van der Waals surface area (Å²) < 4.78 is 5.02. The lowest BCUT2D eigenvalue weighted by molar-refractivity contribution is 0.667. The van der Waals surface area contributed by atoms with Gasteiger partial charge in [-0.2, -0.15) is 0 Å². The smallest absolute Gasteiger partial charge is 0.0534 e. The first kappa shape index (κ1) is 22.0. The van der Waals surface area contributed by atoms with Crippen molar-refractivity contribution in [2.75, 3.05) is 0 Å². The Morgan fingerprint density at radius 1 is 0.395 bits per heavy atom. The zero-order valence-corrected chi connectivity index (χ0v) is 21.8. The van der Waals surface area contributed by atoms with E-state index in [1.807, 2.05) is 0 Å². The van der Waals surface area contributed by atoms with Crippen molar-refractivity contribution in [2.45, 2.75) is 51.4 Å². The van der Waals surface area contributed by atoms with Gasteiger partial charge in [0.25, 0.3) is 0 Å². The maximum Gasteiger partial charge on any atom is 0.0534 e. The van der Waals surface area contributed by atoms with Crippen molar-refractivity contribution in [3.8, 4) is 22.5 Å². The standard InChI is InChI=1S/C36H32N2/c1-5-13-33-29(9-1)30-10-2-6-14-34(30)37(33)27-21-17-25(18-22-27)26-19-23-28(24-20-26)38-35-15-7-3-11-31(35)32-12-4-8-16-36(32)38/h1,3,5,7,9,11,13,15,17-24H,2,4,6,8,10,12,14,16H2. The predicted octanol–water partition coefficient (Wildman–Crippen LogP) is 9.00. The van der Waals surface area contributed by atoms with Crippen molar-refractivity contribution >= 4 is 21.8 Å². The summed E-state index contributed by atoms with van der Waals surface area (Å²) in [6.45, 7) is 0. The number of nitrogens with zero attached hydrogens (tertiary/aromatic N) is 2. The summed E-state index contributed by atoms with van der Waals surface area (Å²) in [6.07, 6.45) is 9.92. The van der Waals surface area contributed by atoms with E-state index in [4.69, 9.17) is 0 Å². The largest absolute Gasteiger partial charge is 0.313 e. The quantitative estimate of drug-likeness (QED) is 0.233. The lowest BCUT2D eigenvalue weighted by Gasteiger charge is -2.17. The van der Waals surface area contributed by atoms with E-state index >= 15 is 0 Å². The molecule has 0 atom stereocenters. The molecule has 0 spiro atoms. The Kier molecular flexibility index (Phi) is 5.07. The van der Waals surface area contributed by atoms with Gasteiger partial charge in [-0.1, -0.05) is 60.7 Å². The van der Waals surface area contributed by atoms with Gasteiger partial charge in [0.2, 0.25) is 0 Å². The first-order valence-electron chi connectivity index (χ1n) is 14.3. The van der Waals surface area contributed by atoms with Gasteiger partial charge in [0.05, 0.1) is 11.0 Å². The molecule has 186 valence electrons. The molecule has 0 amide bonds. The van der Waals surface area contributed by atoms with E-state index in [9.17, 15) is 0 Å². The highest BCUT2D eigenvalue weighted by molar-refractivity contribution is 5.89. The van der Waals surface area contributed by atoms with Crippen LogP contribution in [0, 0.1) is 0 Å². The molecular formula is C36H32N2. The molecule has 8 rings (SSSR count). The lowest BCUT2D eigenvalue weighted by atomic mass is 9.95. The normalized spacial score (nSPS) is 15.1. The molecule has 0 N–H and O–H groups in total. The SMILES string of the molecule is c1ccc2c(c1)c1c(n2-c2ccc(-c3ccc(-n4c5c(c6ccccc64)CCCC5)cc3)cc2)CCCC1. The topological polar surface area (TPSA) is 9.86 Å². The van der Waals surface area contributed by atoms with E-state index < -0.39 is 0 Å². The van der Waals surface area contributed by atoms with Gasteiger partial charge >= 0.3 is 0 Å². The third-order valence-corrected chi connectivity index (χ3v) is 8.94. The molecule has 4 aromatic carbocycles. The van der Waals surface area contributed by atoms with Crippen LogP contribution in [0.2, 0.25) is 0 Å². The second-order valence-corrected chi connectivity index (χ2v) is 11.1. The summed E-state index contributed by atoms with van der Waals surface area (Å²) in [4.78, 5) is 0. The molecule has 2 aliphatic carbocycles. The van der Waals surface area contributed by atoms with Gasteiger partial charge in [-0.3, -0.25) is 0 Å². The molecule has 2 aliphatic rings. The van der Waals surface area contributed by atoms with Gasteiger partial charge in [0, 0.05) is 33.5 Å². The molecule has 0 saturated carbocycles. The maximum absolute atomic E-state index is 2.51. The summed E-state index contributed by atoms with van der Waals surface area (Å²) in [6, 6.07) is 36.3. The Balaban J connectivity index is 1.16. The van der Waals surface area contributed by atoms with E-state index in [2.05, 4.69) is 106 Å². The molecule has 2 nitrogen and oxygen atoms in total. The number of aryl methyl sites for hydroxylation is 2. The summed E-state index contributed by atoms with van der Waals surface area (Å²) >= 11 is 0. The van der Waals surface area contributed by atoms with Crippen LogP contribution >= 0.6 is 0 Å². The fourth-order valence-corrected chi connectivity index (χ4v) is 7.19. The second-order valence-electron chi connectivity index (χ2n) is 11.1. The molecule has 2 heteroatoms. The molecule has 0 radical (unpaired) electrons. The van der Waals surface area contributed by atoms with Crippen LogP contribution in [0.3, 0.4) is 0 Å². The monoisotopic (exact) mass is 492 g/mol. The van der Waals surface area contributed by atoms with E-state index in [-0.39, 0.29) is 0 Å². The molecule has 0 unspecified atom stereocenters. The summed E-state index contributed by atoms with van der Waals surface area (Å²) in [5, 5.41) is 2.86. The number of benzene rings is 4. The van der Waals surface area contributed by atoms with Gasteiger partial charge in [0.1, 0.15) is 0 Å². The van der Waals surface area contributed by atoms with Gasteiger partial charge in [0.15, 0.2) is 0 Å². The molecular weight excluding hydrogens is 460 g/mol. The molecule has 2 aromatic heterocycles. The summed E-state index contributed by atoms with van der Waals surface area (Å²) in [7, 11) is 0. The average molecular weight is 493 g/mol.